The highest BCUT2D eigenvalue weighted by Crippen LogP contribution is 2.23. The van der Waals surface area contributed by atoms with Gasteiger partial charge in [-0.05, 0) is 70.6 Å². The molecule has 0 aromatic carbocycles. The molecule has 0 aromatic rings. The summed E-state index contributed by atoms with van der Waals surface area (Å²) in [6, 6.07) is -5.14. The van der Waals surface area contributed by atoms with Crippen LogP contribution in [0.5, 0.6) is 0 Å². The second-order valence-corrected chi connectivity index (χ2v) is 18.3. The smallest absolute Gasteiger partial charge is 0.245 e. The molecular formula is C45H79N17O11. The van der Waals surface area contributed by atoms with E-state index in [1.165, 1.54) is 11.8 Å². The summed E-state index contributed by atoms with van der Waals surface area (Å²) in [6.45, 7) is 3.35. The maximum atomic E-state index is 14.5. The summed E-state index contributed by atoms with van der Waals surface area (Å²) in [5.74, 6) is -11.7. The molecule has 0 spiro atoms. The summed E-state index contributed by atoms with van der Waals surface area (Å²) >= 11 is 0. The van der Waals surface area contributed by atoms with Crippen LogP contribution in [0.1, 0.15) is 123 Å². The third-order valence-electron chi connectivity index (χ3n) is 12.2. The molecular weight excluding hydrogens is 955 g/mol. The fraction of sp³-hybridized carbons (Fsp3) is 0.689. The minimum absolute atomic E-state index is 0.0177. The average molecular weight is 1030 g/mol. The number of guanidine groups is 3. The second-order valence-electron chi connectivity index (χ2n) is 18.3. The fourth-order valence-electron chi connectivity index (χ4n) is 7.98. The van der Waals surface area contributed by atoms with E-state index in [0.29, 0.717) is 12.8 Å². The number of primary amides is 4. The first-order valence-corrected chi connectivity index (χ1v) is 24.3. The number of likely N-dealkylation sites (tertiary alicyclic amines) is 1. The minimum Gasteiger partial charge on any atom is -0.370 e. The molecule has 1 aliphatic rings. The molecule has 1 aliphatic heterocycles. The van der Waals surface area contributed by atoms with Crippen LogP contribution in [0.3, 0.4) is 0 Å². The van der Waals surface area contributed by atoms with Crippen LogP contribution in [-0.2, 0) is 52.7 Å². The Balaban J connectivity index is 3.52. The number of ketones is 3. The van der Waals surface area contributed by atoms with Gasteiger partial charge in [-0.2, -0.15) is 0 Å². The van der Waals surface area contributed by atoms with Crippen molar-refractivity contribution in [2.24, 2.45) is 96.0 Å². The van der Waals surface area contributed by atoms with E-state index in [4.69, 9.17) is 57.3 Å². The van der Waals surface area contributed by atoms with Gasteiger partial charge in [-0.1, -0.05) is 13.8 Å². The monoisotopic (exact) mass is 1030 g/mol. The van der Waals surface area contributed by atoms with E-state index in [9.17, 15) is 52.7 Å². The number of aliphatic imine (C=N–C) groups is 3. The highest BCUT2D eigenvalue weighted by Gasteiger charge is 2.40. The number of carbonyl (C=O) groups excluding carboxylic acids is 11. The van der Waals surface area contributed by atoms with Gasteiger partial charge in [0.05, 0.1) is 12.1 Å². The van der Waals surface area contributed by atoms with Gasteiger partial charge in [-0.25, -0.2) is 0 Å². The van der Waals surface area contributed by atoms with Crippen LogP contribution < -0.4 is 73.3 Å². The number of carbonyl (C=O) groups is 11. The third-order valence-corrected chi connectivity index (χ3v) is 12.2. The zero-order valence-electron chi connectivity index (χ0n) is 42.0. The van der Waals surface area contributed by atoms with Crippen molar-refractivity contribution >= 4 is 82.5 Å². The number of amides is 8. The van der Waals surface area contributed by atoms with E-state index < -0.39 is 120 Å². The van der Waals surface area contributed by atoms with Crippen molar-refractivity contribution in [1.82, 2.24) is 20.9 Å². The maximum Gasteiger partial charge on any atom is 0.245 e. The number of hydrogen-bond acceptors (Lipinski definition) is 14. The molecule has 0 unspecified atom stereocenters. The fourth-order valence-corrected chi connectivity index (χ4v) is 7.98. The van der Waals surface area contributed by atoms with Crippen LogP contribution in [0.4, 0.5) is 0 Å². The van der Waals surface area contributed by atoms with Crippen molar-refractivity contribution in [3.63, 3.8) is 0 Å². The molecule has 0 saturated carbocycles. The van der Waals surface area contributed by atoms with E-state index in [1.807, 2.05) is 0 Å². The number of hydrogen-bond donors (Lipinski definition) is 13. The zero-order valence-corrected chi connectivity index (χ0v) is 42.0. The van der Waals surface area contributed by atoms with Crippen LogP contribution in [0.25, 0.3) is 0 Å². The van der Waals surface area contributed by atoms with Crippen molar-refractivity contribution in [2.75, 3.05) is 26.2 Å². The van der Waals surface area contributed by atoms with E-state index in [2.05, 4.69) is 30.9 Å². The van der Waals surface area contributed by atoms with Gasteiger partial charge in [-0.15, -0.1) is 0 Å². The Morgan fingerprint density at radius 3 is 1.41 bits per heavy atom. The van der Waals surface area contributed by atoms with Crippen LogP contribution >= 0.6 is 0 Å². The van der Waals surface area contributed by atoms with Crippen molar-refractivity contribution in [3.8, 4) is 0 Å². The van der Waals surface area contributed by atoms with Gasteiger partial charge in [0.25, 0.3) is 0 Å². The Bertz CT molecular complexity index is 2040. The Kier molecular flexibility index (Phi) is 29.0. The van der Waals surface area contributed by atoms with Gasteiger partial charge in [0.2, 0.25) is 47.3 Å². The molecule has 0 radical (unpaired) electrons. The largest absolute Gasteiger partial charge is 0.370 e. The van der Waals surface area contributed by atoms with Gasteiger partial charge in [0, 0.05) is 88.4 Å². The van der Waals surface area contributed by atoms with E-state index in [-0.39, 0.29) is 133 Å². The molecule has 1 heterocycles. The lowest BCUT2D eigenvalue weighted by molar-refractivity contribution is -0.143. The highest BCUT2D eigenvalue weighted by molar-refractivity contribution is 5.98. The molecule has 23 N–H and O–H groups in total. The highest BCUT2D eigenvalue weighted by atomic mass is 16.2. The van der Waals surface area contributed by atoms with Crippen LogP contribution in [0.2, 0.25) is 0 Å². The van der Waals surface area contributed by atoms with Crippen LogP contribution in [-0.4, -0.2) is 138 Å². The van der Waals surface area contributed by atoms with Gasteiger partial charge in [0.1, 0.15) is 17.9 Å². The molecule has 28 heteroatoms. The zero-order chi connectivity index (χ0) is 55.4. The van der Waals surface area contributed by atoms with Crippen molar-refractivity contribution in [2.45, 2.75) is 147 Å². The number of nitrogens with zero attached hydrogens (tertiary/aromatic N) is 4. The lowest BCUT2D eigenvalue weighted by Gasteiger charge is -2.31. The summed E-state index contributed by atoms with van der Waals surface area (Å²) in [4.78, 5) is 157. The average Bonchev–Trinajstić information content (AvgIpc) is 3.80. The second kappa shape index (κ2) is 33.3. The molecule has 1 rings (SSSR count). The van der Waals surface area contributed by atoms with Gasteiger partial charge >= 0.3 is 0 Å². The van der Waals surface area contributed by atoms with Crippen molar-refractivity contribution in [3.05, 3.63) is 0 Å². The molecule has 8 amide bonds. The molecule has 0 bridgehead atoms. The Hall–Kier alpha value is -7.42. The SMILES string of the molecule is C[C@H](CC(=O)[C@@H](C)CCC(N)=O)C(=O)N[C@@H](CCC(N)=O)C(=O)C[C@@H](CCCN=C(N)N)C(=O)N[C@@H](CCCN=C(N)N)C(=O)N1CCC[C@H]1C(=O)N[C@@H](CCC(N)=O)C(=O)C[C@@H](CCCN=C(N)N)C(N)=O. The Labute approximate surface area is 424 Å². The normalized spacial score (nSPS) is 15.9. The predicted octanol–water partition coefficient (Wildman–Crippen LogP) is -4.74. The lowest BCUT2D eigenvalue weighted by atomic mass is 9.90. The quantitative estimate of drug-likeness (QED) is 0.0157. The molecule has 0 aliphatic carbocycles. The molecule has 0 aromatic heterocycles. The summed E-state index contributed by atoms with van der Waals surface area (Å²) in [5.41, 5.74) is 54.4. The molecule has 28 nitrogen and oxygen atoms in total. The van der Waals surface area contributed by atoms with E-state index in [1.54, 1.807) is 6.92 Å². The van der Waals surface area contributed by atoms with Crippen LogP contribution in [0, 0.1) is 23.7 Å². The lowest BCUT2D eigenvalue weighted by Crippen LogP contribution is -2.56. The molecule has 8 atom stereocenters. The Morgan fingerprint density at radius 1 is 0.493 bits per heavy atom. The predicted molar refractivity (Wildman–Crippen MR) is 269 cm³/mol. The van der Waals surface area contributed by atoms with Gasteiger partial charge in [0.15, 0.2) is 29.4 Å². The third kappa shape index (κ3) is 26.0. The number of nitrogens with one attached hydrogen (secondary N) is 3. The summed E-state index contributed by atoms with van der Waals surface area (Å²) in [7, 11) is 0. The molecule has 73 heavy (non-hydrogen) atoms. The topological polar surface area (TPSA) is 524 Å². The summed E-state index contributed by atoms with van der Waals surface area (Å²) in [5, 5.41) is 7.96. The first-order valence-electron chi connectivity index (χ1n) is 24.3. The standard InChI is InChI=1S/C45H79N17O11/c1-24(11-14-35(46)66)32(63)21-25(2)39(70)59-28(12-15-36(47)67)34(65)23-27(8-4-18-57-44(52)53)40(71)61-30(9-5-19-58-45(54)55)42(73)62-20-6-10-31(62)41(72)60-29(13-16-37(48)68)33(64)22-26(38(49)69)7-3-17-56-43(50)51/h24-31H,3-23H2,1-2H3,(H2,46,66)(H2,47,67)(H2,48,68)(H2,49,69)(H,59,70)(H,60,72)(H,61,71)(H4,50,51,56)(H4,52,53,57)(H4,54,55,58)/t24-,25+,26+,27+,28-,29-,30-,31-/m0/s1. The van der Waals surface area contributed by atoms with Crippen molar-refractivity contribution in [1.29, 1.82) is 0 Å². The number of nitrogens with two attached hydrogens (primary N) is 10. The van der Waals surface area contributed by atoms with Gasteiger partial charge < -0.3 is 78.2 Å². The summed E-state index contributed by atoms with van der Waals surface area (Å²) < 4.78 is 0. The minimum atomic E-state index is -1.34. The number of Topliss-reactive ketones (excluding diaryl/α,β-unsaturated/α-hetero) is 3. The summed E-state index contributed by atoms with van der Waals surface area (Å²) in [6.07, 6.45) is -0.965. The molecule has 1 saturated heterocycles. The number of rotatable bonds is 38. The van der Waals surface area contributed by atoms with Crippen molar-refractivity contribution < 1.29 is 52.7 Å². The maximum absolute atomic E-state index is 14.5. The first kappa shape index (κ1) is 63.6. The Morgan fingerprint density at radius 2 is 0.932 bits per heavy atom. The van der Waals surface area contributed by atoms with Gasteiger partial charge in [-0.3, -0.25) is 67.7 Å². The van der Waals surface area contributed by atoms with E-state index in [0.717, 1.165) is 0 Å². The van der Waals surface area contributed by atoms with E-state index >= 15 is 0 Å². The molecule has 1 fully saturated rings. The first-order chi connectivity index (χ1) is 34.2. The molecule has 410 valence electrons. The van der Waals surface area contributed by atoms with Crippen LogP contribution in [0.15, 0.2) is 15.0 Å².